The number of ether oxygens (including phenoxy) is 3. The predicted molar refractivity (Wildman–Crippen MR) is 127 cm³/mol. The summed E-state index contributed by atoms with van der Waals surface area (Å²) in [4.78, 5) is 51.6. The second-order valence-corrected chi connectivity index (χ2v) is 8.88. The van der Waals surface area contributed by atoms with Gasteiger partial charge in [0.05, 0.1) is 43.0 Å². The molecule has 9 nitrogen and oxygen atoms in total. The molecule has 4 rings (SSSR count). The van der Waals surface area contributed by atoms with Crippen molar-refractivity contribution in [3.63, 3.8) is 0 Å². The zero-order valence-electron chi connectivity index (χ0n) is 19.9. The first-order chi connectivity index (χ1) is 16.8. The van der Waals surface area contributed by atoms with Crippen LogP contribution in [0.25, 0.3) is 0 Å². The molecule has 0 radical (unpaired) electrons. The van der Waals surface area contributed by atoms with E-state index < -0.39 is 18.5 Å². The molecule has 0 aromatic heterocycles. The topological polar surface area (TPSA) is 111 Å². The highest BCUT2D eigenvalue weighted by atomic mass is 16.5. The van der Waals surface area contributed by atoms with Crippen molar-refractivity contribution >= 4 is 35.1 Å². The number of anilines is 2. The molecule has 35 heavy (non-hydrogen) atoms. The fraction of sp³-hybridized carbons (Fsp3) is 0.385. The zero-order chi connectivity index (χ0) is 25.1. The average Bonchev–Trinajstić information content (AvgIpc) is 3.11. The molecule has 1 saturated carbocycles. The number of imide groups is 1. The fourth-order valence-corrected chi connectivity index (χ4v) is 4.69. The van der Waals surface area contributed by atoms with Crippen LogP contribution in [0.2, 0.25) is 0 Å². The number of esters is 1. The van der Waals surface area contributed by atoms with Crippen LogP contribution in [0.5, 0.6) is 11.5 Å². The Bertz CT molecular complexity index is 1140. The molecule has 1 heterocycles. The molecule has 1 saturated heterocycles. The van der Waals surface area contributed by atoms with Gasteiger partial charge in [-0.15, -0.1) is 0 Å². The molecule has 1 aliphatic heterocycles. The molecule has 1 aliphatic carbocycles. The lowest BCUT2D eigenvalue weighted by Gasteiger charge is -2.25. The van der Waals surface area contributed by atoms with Crippen molar-refractivity contribution in [2.45, 2.75) is 26.2 Å². The van der Waals surface area contributed by atoms with Crippen LogP contribution < -0.4 is 19.7 Å². The highest BCUT2D eigenvalue weighted by Gasteiger charge is 2.49. The van der Waals surface area contributed by atoms with Crippen LogP contribution in [-0.2, 0) is 19.1 Å². The van der Waals surface area contributed by atoms with Crippen molar-refractivity contribution in [1.82, 2.24) is 0 Å². The molecule has 0 spiro atoms. The standard InChI is InChI=1S/C26H28N2O7/c1-15-4-10-19-20(12-15)25(31)28(24(19)30)17-7-5-16(6-8-17)26(32)35-14-23(29)27-21-11-9-18(33-2)13-22(21)34-3/h5-9,11,13,15,19-20H,4,10,12,14H2,1-3H3,(H,27,29)/t15-,19-,20+/m1/s1. The van der Waals surface area contributed by atoms with E-state index in [2.05, 4.69) is 12.2 Å². The lowest BCUT2D eigenvalue weighted by molar-refractivity contribution is -0.122. The average molecular weight is 481 g/mol. The lowest BCUT2D eigenvalue weighted by atomic mass is 9.76. The van der Waals surface area contributed by atoms with Gasteiger partial charge >= 0.3 is 5.97 Å². The summed E-state index contributed by atoms with van der Waals surface area (Å²) in [6.07, 6.45) is 2.39. The highest BCUT2D eigenvalue weighted by molar-refractivity contribution is 6.22. The summed E-state index contributed by atoms with van der Waals surface area (Å²) in [5.41, 5.74) is 1.05. The Morgan fingerprint density at radius 1 is 0.971 bits per heavy atom. The molecule has 3 amide bonds. The van der Waals surface area contributed by atoms with E-state index in [4.69, 9.17) is 14.2 Å². The largest absolute Gasteiger partial charge is 0.497 e. The van der Waals surface area contributed by atoms with Crippen molar-refractivity contribution in [2.24, 2.45) is 17.8 Å². The van der Waals surface area contributed by atoms with Crippen LogP contribution in [0.1, 0.15) is 36.5 Å². The molecule has 2 aliphatic rings. The number of benzene rings is 2. The van der Waals surface area contributed by atoms with Crippen LogP contribution in [0.4, 0.5) is 11.4 Å². The number of fused-ring (bicyclic) bond motifs is 1. The Labute approximate surface area is 203 Å². The van der Waals surface area contributed by atoms with Crippen LogP contribution in [0.15, 0.2) is 42.5 Å². The van der Waals surface area contributed by atoms with Gasteiger partial charge < -0.3 is 19.5 Å². The van der Waals surface area contributed by atoms with Gasteiger partial charge in [-0.3, -0.25) is 19.3 Å². The molecule has 1 N–H and O–H groups in total. The van der Waals surface area contributed by atoms with Gasteiger partial charge in [0.15, 0.2) is 6.61 Å². The Morgan fingerprint density at radius 3 is 2.37 bits per heavy atom. The fourth-order valence-electron chi connectivity index (χ4n) is 4.69. The maximum absolute atomic E-state index is 12.9. The van der Waals surface area contributed by atoms with Crippen LogP contribution in [-0.4, -0.2) is 44.5 Å². The number of hydrogen-bond acceptors (Lipinski definition) is 7. The Balaban J connectivity index is 1.35. The second kappa shape index (κ2) is 10.2. The van der Waals surface area contributed by atoms with E-state index in [1.807, 2.05) is 0 Å². The van der Waals surface area contributed by atoms with Gasteiger partial charge in [-0.05, 0) is 61.6 Å². The first-order valence-corrected chi connectivity index (χ1v) is 11.5. The second-order valence-electron chi connectivity index (χ2n) is 8.88. The molecule has 9 heteroatoms. The monoisotopic (exact) mass is 480 g/mol. The molecule has 0 bridgehead atoms. The summed E-state index contributed by atoms with van der Waals surface area (Å²) < 4.78 is 15.5. The first-order valence-electron chi connectivity index (χ1n) is 11.5. The molecule has 2 aromatic carbocycles. The van der Waals surface area contributed by atoms with Gasteiger partial charge in [-0.2, -0.15) is 0 Å². The van der Waals surface area contributed by atoms with E-state index in [0.717, 1.165) is 19.3 Å². The Kier molecular flexibility index (Phi) is 7.04. The van der Waals surface area contributed by atoms with Crippen LogP contribution >= 0.6 is 0 Å². The SMILES string of the molecule is COc1ccc(NC(=O)COC(=O)c2ccc(N3C(=O)[C@H]4C[C@H](C)CC[C@H]4C3=O)cc2)c(OC)c1. The van der Waals surface area contributed by atoms with E-state index in [0.29, 0.717) is 28.8 Å². The summed E-state index contributed by atoms with van der Waals surface area (Å²) in [5, 5.41) is 2.62. The summed E-state index contributed by atoms with van der Waals surface area (Å²) in [5.74, 6) is -0.711. The molecular formula is C26H28N2O7. The summed E-state index contributed by atoms with van der Waals surface area (Å²) in [7, 11) is 2.98. The van der Waals surface area contributed by atoms with Crippen LogP contribution in [0.3, 0.4) is 0 Å². The number of carbonyl (C=O) groups excluding carboxylic acids is 4. The minimum atomic E-state index is -0.699. The van der Waals surface area contributed by atoms with Crippen molar-refractivity contribution in [2.75, 3.05) is 31.0 Å². The van der Waals surface area contributed by atoms with Gasteiger partial charge in [-0.1, -0.05) is 6.92 Å². The number of hydrogen-bond donors (Lipinski definition) is 1. The minimum Gasteiger partial charge on any atom is -0.497 e. The van der Waals surface area contributed by atoms with Crippen molar-refractivity contribution < 1.29 is 33.4 Å². The number of amides is 3. The zero-order valence-corrected chi connectivity index (χ0v) is 19.9. The summed E-state index contributed by atoms with van der Waals surface area (Å²) in [6.45, 7) is 1.60. The maximum atomic E-state index is 12.9. The lowest BCUT2D eigenvalue weighted by Crippen LogP contribution is -2.30. The summed E-state index contributed by atoms with van der Waals surface area (Å²) in [6, 6.07) is 11.0. The third kappa shape index (κ3) is 4.99. The quantitative estimate of drug-likeness (QED) is 0.477. The van der Waals surface area contributed by atoms with Crippen molar-refractivity contribution in [3.8, 4) is 11.5 Å². The van der Waals surface area contributed by atoms with E-state index in [1.165, 1.54) is 31.3 Å². The maximum Gasteiger partial charge on any atom is 0.338 e. The van der Waals surface area contributed by atoms with Crippen molar-refractivity contribution in [1.29, 1.82) is 0 Å². The Morgan fingerprint density at radius 2 is 1.69 bits per heavy atom. The number of carbonyl (C=O) groups is 4. The van der Waals surface area contributed by atoms with Crippen LogP contribution in [0, 0.1) is 17.8 Å². The van der Waals surface area contributed by atoms with E-state index in [1.54, 1.807) is 30.3 Å². The molecule has 3 atom stereocenters. The van der Waals surface area contributed by atoms with E-state index in [-0.39, 0.29) is 29.2 Å². The third-order valence-corrected chi connectivity index (χ3v) is 6.57. The summed E-state index contributed by atoms with van der Waals surface area (Å²) >= 11 is 0. The third-order valence-electron chi connectivity index (χ3n) is 6.57. The van der Waals surface area contributed by atoms with Gasteiger partial charge in [-0.25, -0.2) is 4.79 Å². The minimum absolute atomic E-state index is 0.173. The van der Waals surface area contributed by atoms with Crippen molar-refractivity contribution in [3.05, 3.63) is 48.0 Å². The highest BCUT2D eigenvalue weighted by Crippen LogP contribution is 2.42. The normalized spacial score (nSPS) is 21.3. The van der Waals surface area contributed by atoms with E-state index in [9.17, 15) is 19.2 Å². The smallest absolute Gasteiger partial charge is 0.338 e. The van der Waals surface area contributed by atoms with Gasteiger partial charge in [0, 0.05) is 6.07 Å². The van der Waals surface area contributed by atoms with Gasteiger partial charge in [0.2, 0.25) is 11.8 Å². The molecule has 2 aromatic rings. The molecular weight excluding hydrogens is 452 g/mol. The Hall–Kier alpha value is -3.88. The number of nitrogens with one attached hydrogen (secondary N) is 1. The first kappa shape index (κ1) is 24.3. The van der Waals surface area contributed by atoms with Gasteiger partial charge in [0.1, 0.15) is 11.5 Å². The molecule has 2 fully saturated rings. The number of methoxy groups -OCH3 is 2. The van der Waals surface area contributed by atoms with E-state index >= 15 is 0 Å². The number of rotatable bonds is 7. The predicted octanol–water partition coefficient (Wildman–Crippen LogP) is 3.42. The molecule has 184 valence electrons. The molecule has 0 unspecified atom stereocenters. The number of nitrogens with zero attached hydrogens (tertiary/aromatic N) is 1. The van der Waals surface area contributed by atoms with Gasteiger partial charge in [0.25, 0.3) is 5.91 Å².